The van der Waals surface area contributed by atoms with Crippen molar-refractivity contribution in [2.24, 2.45) is 0 Å². The Morgan fingerprint density at radius 2 is 1.40 bits per heavy atom. The van der Waals surface area contributed by atoms with Crippen molar-refractivity contribution in [2.45, 2.75) is 56.5 Å². The molecule has 0 bridgehead atoms. The highest BCUT2D eigenvalue weighted by molar-refractivity contribution is 6.84. The standard InChI is InChI=1S/C12H22O7Si/c1-4-20(5-2,6-3)9(10(15)16)12(19,11(17)18)7-8(13)14/h9,19H,4-7H2,1-3H3,(H,13,14)(H,15,16)(H,17,18). The molecule has 0 aliphatic rings. The highest BCUT2D eigenvalue weighted by Gasteiger charge is 2.58. The molecular formula is C12H22O7Si. The van der Waals surface area contributed by atoms with Crippen LogP contribution in [-0.4, -0.2) is 52.0 Å². The van der Waals surface area contributed by atoms with Crippen molar-refractivity contribution in [1.29, 1.82) is 0 Å². The van der Waals surface area contributed by atoms with Gasteiger partial charge in [0, 0.05) is 0 Å². The highest BCUT2D eigenvalue weighted by atomic mass is 28.3. The van der Waals surface area contributed by atoms with Gasteiger partial charge in [0.25, 0.3) is 0 Å². The highest BCUT2D eigenvalue weighted by Crippen LogP contribution is 2.43. The van der Waals surface area contributed by atoms with Crippen LogP contribution < -0.4 is 0 Å². The Bertz CT molecular complexity index is 383. The fourth-order valence-corrected chi connectivity index (χ4v) is 7.35. The van der Waals surface area contributed by atoms with Gasteiger partial charge in [0.2, 0.25) is 0 Å². The van der Waals surface area contributed by atoms with Gasteiger partial charge in [0.15, 0.2) is 5.60 Å². The number of aliphatic hydroxyl groups is 1. The smallest absolute Gasteiger partial charge is 0.336 e. The summed E-state index contributed by atoms with van der Waals surface area (Å²) in [7, 11) is -2.67. The Labute approximate surface area is 118 Å². The zero-order valence-electron chi connectivity index (χ0n) is 11.9. The zero-order chi connectivity index (χ0) is 16.1. The molecule has 0 radical (unpaired) electrons. The summed E-state index contributed by atoms with van der Waals surface area (Å²) in [5.41, 5.74) is -4.32. The lowest BCUT2D eigenvalue weighted by molar-refractivity contribution is -0.170. The van der Waals surface area contributed by atoms with Crippen LogP contribution >= 0.6 is 0 Å². The van der Waals surface area contributed by atoms with Crippen molar-refractivity contribution in [1.82, 2.24) is 0 Å². The van der Waals surface area contributed by atoms with Crippen molar-refractivity contribution < 1.29 is 34.8 Å². The van der Waals surface area contributed by atoms with Crippen LogP contribution in [0.4, 0.5) is 0 Å². The second-order valence-electron chi connectivity index (χ2n) is 4.99. The first-order valence-corrected chi connectivity index (χ1v) is 9.21. The van der Waals surface area contributed by atoms with Gasteiger partial charge in [-0.15, -0.1) is 0 Å². The average Bonchev–Trinajstić information content (AvgIpc) is 2.34. The first kappa shape index (κ1) is 18.6. The number of aliphatic carboxylic acids is 3. The number of hydrogen-bond donors (Lipinski definition) is 4. The van der Waals surface area contributed by atoms with E-state index in [1.807, 2.05) is 0 Å². The van der Waals surface area contributed by atoms with Gasteiger partial charge >= 0.3 is 17.9 Å². The second-order valence-corrected chi connectivity index (χ2v) is 10.4. The monoisotopic (exact) mass is 306 g/mol. The molecule has 8 heteroatoms. The number of carboxylic acids is 3. The van der Waals surface area contributed by atoms with E-state index in [0.29, 0.717) is 18.1 Å². The summed E-state index contributed by atoms with van der Waals surface area (Å²) in [5.74, 6) is -4.76. The van der Waals surface area contributed by atoms with Crippen LogP contribution in [0.2, 0.25) is 23.7 Å². The van der Waals surface area contributed by atoms with Gasteiger partial charge in [-0.3, -0.25) is 9.59 Å². The third-order valence-electron chi connectivity index (χ3n) is 4.24. The number of carboxylic acid groups (broad SMARTS) is 3. The van der Waals surface area contributed by atoms with Gasteiger partial charge in [0.05, 0.1) is 20.0 Å². The summed E-state index contributed by atoms with van der Waals surface area (Å²) in [6.07, 6.45) is -1.12. The lowest BCUT2D eigenvalue weighted by Gasteiger charge is -2.41. The summed E-state index contributed by atoms with van der Waals surface area (Å²) < 4.78 is 0. The molecule has 2 atom stereocenters. The van der Waals surface area contributed by atoms with Crippen molar-refractivity contribution in [3.8, 4) is 0 Å². The summed E-state index contributed by atoms with van der Waals surface area (Å²) in [6, 6.07) is 1.39. The summed E-state index contributed by atoms with van der Waals surface area (Å²) in [5, 5.41) is 37.7. The van der Waals surface area contributed by atoms with Crippen molar-refractivity contribution in [3.05, 3.63) is 0 Å². The van der Waals surface area contributed by atoms with E-state index in [1.54, 1.807) is 20.8 Å². The molecule has 4 N–H and O–H groups in total. The fraction of sp³-hybridized carbons (Fsp3) is 0.750. The predicted molar refractivity (Wildman–Crippen MR) is 73.4 cm³/mol. The Balaban J connectivity index is 6.04. The molecule has 0 spiro atoms. The topological polar surface area (TPSA) is 132 Å². The third kappa shape index (κ3) is 3.37. The summed E-state index contributed by atoms with van der Waals surface area (Å²) in [6.45, 7) is 5.29. The normalized spacial score (nSPS) is 16.2. The van der Waals surface area contributed by atoms with Crippen LogP contribution in [0.25, 0.3) is 0 Å². The van der Waals surface area contributed by atoms with E-state index in [0.717, 1.165) is 0 Å². The molecule has 0 fully saturated rings. The van der Waals surface area contributed by atoms with Gasteiger partial charge in [-0.2, -0.15) is 0 Å². The molecule has 0 amide bonds. The van der Waals surface area contributed by atoms with Gasteiger partial charge in [-0.25, -0.2) is 4.79 Å². The molecule has 0 rings (SSSR count). The summed E-state index contributed by atoms with van der Waals surface area (Å²) >= 11 is 0. The van der Waals surface area contributed by atoms with E-state index in [2.05, 4.69) is 0 Å². The Morgan fingerprint density at radius 1 is 1.00 bits per heavy atom. The Hall–Kier alpha value is -1.41. The van der Waals surface area contributed by atoms with Gasteiger partial charge in [-0.1, -0.05) is 38.9 Å². The molecule has 0 aromatic rings. The van der Waals surface area contributed by atoms with Crippen molar-refractivity contribution >= 4 is 26.0 Å². The predicted octanol–water partition coefficient (Wildman–Crippen LogP) is 1.24. The molecule has 7 nitrogen and oxygen atoms in total. The molecule has 20 heavy (non-hydrogen) atoms. The lowest BCUT2D eigenvalue weighted by atomic mass is 9.95. The van der Waals surface area contributed by atoms with Gasteiger partial charge in [-0.05, 0) is 0 Å². The Morgan fingerprint density at radius 3 is 1.60 bits per heavy atom. The lowest BCUT2D eigenvalue weighted by Crippen LogP contribution is -2.58. The van der Waals surface area contributed by atoms with Crippen LogP contribution in [0.3, 0.4) is 0 Å². The molecule has 0 aliphatic carbocycles. The minimum absolute atomic E-state index is 0.464. The molecule has 0 heterocycles. The number of hydrogen-bond acceptors (Lipinski definition) is 4. The van der Waals surface area contributed by atoms with E-state index >= 15 is 0 Å². The molecule has 0 saturated carbocycles. The molecule has 0 aromatic carbocycles. The van der Waals surface area contributed by atoms with E-state index in [9.17, 15) is 29.7 Å². The number of rotatable bonds is 9. The van der Waals surface area contributed by atoms with Crippen LogP contribution in [0.1, 0.15) is 27.2 Å². The van der Waals surface area contributed by atoms with Crippen LogP contribution in [-0.2, 0) is 14.4 Å². The number of carbonyl (C=O) groups is 3. The van der Waals surface area contributed by atoms with Crippen LogP contribution in [0.15, 0.2) is 0 Å². The van der Waals surface area contributed by atoms with E-state index < -0.39 is 43.5 Å². The molecule has 0 aromatic heterocycles. The van der Waals surface area contributed by atoms with E-state index in [4.69, 9.17) is 5.11 Å². The van der Waals surface area contributed by atoms with Crippen molar-refractivity contribution in [3.63, 3.8) is 0 Å². The van der Waals surface area contributed by atoms with E-state index in [1.165, 1.54) is 0 Å². The minimum Gasteiger partial charge on any atom is -0.481 e. The van der Waals surface area contributed by atoms with E-state index in [-0.39, 0.29) is 0 Å². The molecule has 116 valence electrons. The molecule has 2 unspecified atom stereocenters. The minimum atomic E-state index is -2.77. The first-order valence-electron chi connectivity index (χ1n) is 6.51. The Kier molecular flexibility index (Phi) is 6.36. The maximum absolute atomic E-state index is 11.6. The maximum Gasteiger partial charge on any atom is 0.336 e. The largest absolute Gasteiger partial charge is 0.481 e. The summed E-state index contributed by atoms with van der Waals surface area (Å²) in [4.78, 5) is 33.8. The van der Waals surface area contributed by atoms with Crippen LogP contribution in [0, 0.1) is 0 Å². The van der Waals surface area contributed by atoms with Crippen molar-refractivity contribution in [2.75, 3.05) is 0 Å². The maximum atomic E-state index is 11.6. The molecule has 0 saturated heterocycles. The molecule has 0 aliphatic heterocycles. The fourth-order valence-electron chi connectivity index (χ4n) is 2.87. The first-order chi connectivity index (χ1) is 9.11. The molecular weight excluding hydrogens is 284 g/mol. The SMILES string of the molecule is CC[Si](CC)(CC)C(C(=O)O)C(O)(CC(=O)O)C(=O)O. The van der Waals surface area contributed by atoms with Crippen LogP contribution in [0.5, 0.6) is 0 Å². The average molecular weight is 306 g/mol. The second kappa shape index (κ2) is 6.85. The van der Waals surface area contributed by atoms with Gasteiger partial charge < -0.3 is 20.4 Å². The van der Waals surface area contributed by atoms with Gasteiger partial charge in [0.1, 0.15) is 0 Å². The quantitative estimate of drug-likeness (QED) is 0.471. The zero-order valence-corrected chi connectivity index (χ0v) is 12.9. The third-order valence-corrected chi connectivity index (χ3v) is 10.4.